The zero-order valence-electron chi connectivity index (χ0n) is 18.3. The van der Waals surface area contributed by atoms with Crippen molar-refractivity contribution in [3.05, 3.63) is 0 Å². The van der Waals surface area contributed by atoms with Crippen molar-refractivity contribution in [3.8, 4) is 0 Å². The molecular formula is C24H42O4. The second-order valence-electron chi connectivity index (χ2n) is 11.5. The summed E-state index contributed by atoms with van der Waals surface area (Å²) in [5, 5.41) is 44.7. The van der Waals surface area contributed by atoms with Gasteiger partial charge < -0.3 is 20.4 Å². The molecule has 0 spiro atoms. The first kappa shape index (κ1) is 21.1. The summed E-state index contributed by atoms with van der Waals surface area (Å²) in [7, 11) is 0. The zero-order valence-corrected chi connectivity index (χ0v) is 18.3. The molecule has 0 bridgehead atoms. The number of fused-ring (bicyclic) bond motifs is 5. The topological polar surface area (TPSA) is 80.9 Å². The Morgan fingerprint density at radius 1 is 0.857 bits per heavy atom. The van der Waals surface area contributed by atoms with Crippen LogP contribution >= 0.6 is 0 Å². The molecule has 4 N–H and O–H groups in total. The molecule has 162 valence electrons. The second-order valence-corrected chi connectivity index (χ2v) is 11.5. The van der Waals surface area contributed by atoms with Gasteiger partial charge in [0, 0.05) is 11.8 Å². The van der Waals surface area contributed by atoms with Gasteiger partial charge >= 0.3 is 0 Å². The summed E-state index contributed by atoms with van der Waals surface area (Å²) in [5.74, 6) is -4.40. The van der Waals surface area contributed by atoms with Crippen LogP contribution in [0.1, 0.15) is 91.9 Å². The fourth-order valence-electron chi connectivity index (χ4n) is 9.22. The summed E-state index contributed by atoms with van der Waals surface area (Å²) in [6, 6.07) is 0. The minimum atomic E-state index is -2.44. The lowest BCUT2D eigenvalue weighted by Gasteiger charge is -2.61. The van der Waals surface area contributed by atoms with E-state index in [1.54, 1.807) is 0 Å². The molecule has 0 aromatic rings. The summed E-state index contributed by atoms with van der Waals surface area (Å²) < 4.78 is 0. The number of hydrogen-bond acceptors (Lipinski definition) is 4. The predicted octanol–water partition coefficient (Wildman–Crippen LogP) is 4.05. The molecule has 4 nitrogen and oxygen atoms in total. The van der Waals surface area contributed by atoms with Crippen LogP contribution in [0.25, 0.3) is 0 Å². The Kier molecular flexibility index (Phi) is 5.02. The summed E-state index contributed by atoms with van der Waals surface area (Å²) >= 11 is 0. The van der Waals surface area contributed by atoms with Gasteiger partial charge in [-0.2, -0.15) is 0 Å². The largest absolute Gasteiger partial charge is 0.361 e. The molecule has 0 aromatic carbocycles. The molecule has 4 aliphatic carbocycles. The number of rotatable bonds is 3. The SMILES string of the molecule is CCC[C@@H](C)[C@H]1C(O)(O)C(O)(O)[C@H]2[C@@H]3CC[C@@H]4CCCC[C@]4(C)[C@H]3CC[C@@]21C. The minimum Gasteiger partial charge on any atom is -0.361 e. The van der Waals surface area contributed by atoms with Gasteiger partial charge in [-0.25, -0.2) is 0 Å². The van der Waals surface area contributed by atoms with Crippen molar-refractivity contribution in [2.75, 3.05) is 0 Å². The summed E-state index contributed by atoms with van der Waals surface area (Å²) in [5.41, 5.74) is -0.167. The van der Waals surface area contributed by atoms with Crippen molar-refractivity contribution in [3.63, 3.8) is 0 Å². The third kappa shape index (κ3) is 2.57. The van der Waals surface area contributed by atoms with Gasteiger partial charge in [0.05, 0.1) is 0 Å². The molecule has 0 saturated heterocycles. The molecule has 8 atom stereocenters. The summed E-state index contributed by atoms with van der Waals surface area (Å²) in [4.78, 5) is 0. The molecule has 0 heterocycles. The lowest BCUT2D eigenvalue weighted by atomic mass is 9.44. The van der Waals surface area contributed by atoms with Crippen molar-refractivity contribution >= 4 is 0 Å². The monoisotopic (exact) mass is 394 g/mol. The van der Waals surface area contributed by atoms with Crippen LogP contribution in [0.4, 0.5) is 0 Å². The molecular weight excluding hydrogens is 352 g/mol. The molecule has 4 aliphatic rings. The van der Waals surface area contributed by atoms with Crippen LogP contribution < -0.4 is 0 Å². The molecule has 0 aliphatic heterocycles. The first-order valence-electron chi connectivity index (χ1n) is 11.9. The van der Waals surface area contributed by atoms with Gasteiger partial charge in [-0.15, -0.1) is 0 Å². The Labute approximate surface area is 170 Å². The summed E-state index contributed by atoms with van der Waals surface area (Å²) in [6.07, 6.45) is 11.1. The highest BCUT2D eigenvalue weighted by molar-refractivity contribution is 5.19. The van der Waals surface area contributed by atoms with Crippen molar-refractivity contribution < 1.29 is 20.4 Å². The molecule has 0 unspecified atom stereocenters. The van der Waals surface area contributed by atoms with Crippen LogP contribution in [0, 0.1) is 46.3 Å². The fraction of sp³-hybridized carbons (Fsp3) is 1.00. The Morgan fingerprint density at radius 2 is 1.57 bits per heavy atom. The van der Waals surface area contributed by atoms with E-state index in [2.05, 4.69) is 27.7 Å². The van der Waals surface area contributed by atoms with Gasteiger partial charge in [-0.3, -0.25) is 0 Å². The maximum absolute atomic E-state index is 11.2. The van der Waals surface area contributed by atoms with Crippen LogP contribution in [-0.2, 0) is 0 Å². The van der Waals surface area contributed by atoms with Crippen molar-refractivity contribution in [2.24, 2.45) is 46.3 Å². The first-order chi connectivity index (χ1) is 13.0. The average molecular weight is 395 g/mol. The molecule has 28 heavy (non-hydrogen) atoms. The highest BCUT2D eigenvalue weighted by Gasteiger charge is 2.77. The van der Waals surface area contributed by atoms with Gasteiger partial charge in [0.25, 0.3) is 0 Å². The van der Waals surface area contributed by atoms with E-state index in [1.807, 2.05) is 0 Å². The van der Waals surface area contributed by atoms with Crippen LogP contribution in [-0.4, -0.2) is 32.0 Å². The molecule has 0 amide bonds. The Balaban J connectivity index is 1.75. The quantitative estimate of drug-likeness (QED) is 0.544. The summed E-state index contributed by atoms with van der Waals surface area (Å²) in [6.45, 7) is 8.73. The Hall–Kier alpha value is -0.160. The highest BCUT2D eigenvalue weighted by Crippen LogP contribution is 2.71. The van der Waals surface area contributed by atoms with Crippen LogP contribution in [0.3, 0.4) is 0 Å². The maximum atomic E-state index is 11.2. The van der Waals surface area contributed by atoms with E-state index in [1.165, 1.54) is 25.7 Å². The second kappa shape index (κ2) is 6.67. The van der Waals surface area contributed by atoms with Gasteiger partial charge in [-0.05, 0) is 73.0 Å². The molecule has 4 heteroatoms. The smallest absolute Gasteiger partial charge is 0.222 e. The maximum Gasteiger partial charge on any atom is 0.222 e. The molecule has 4 rings (SSSR count). The van der Waals surface area contributed by atoms with Crippen LogP contribution in [0.5, 0.6) is 0 Å². The minimum absolute atomic E-state index is 0.0480. The van der Waals surface area contributed by atoms with E-state index < -0.39 is 28.8 Å². The average Bonchev–Trinajstić information content (AvgIpc) is 2.73. The van der Waals surface area contributed by atoms with E-state index in [0.29, 0.717) is 5.92 Å². The molecule has 4 saturated carbocycles. The third-order valence-electron chi connectivity index (χ3n) is 10.2. The van der Waals surface area contributed by atoms with E-state index in [-0.39, 0.29) is 17.3 Å². The van der Waals surface area contributed by atoms with Crippen LogP contribution in [0.15, 0.2) is 0 Å². The number of aliphatic hydroxyl groups is 4. The fourth-order valence-corrected chi connectivity index (χ4v) is 9.22. The van der Waals surface area contributed by atoms with Crippen LogP contribution in [0.2, 0.25) is 0 Å². The Bertz CT molecular complexity index is 601. The zero-order chi connectivity index (χ0) is 20.5. The predicted molar refractivity (Wildman–Crippen MR) is 109 cm³/mol. The third-order valence-corrected chi connectivity index (χ3v) is 10.2. The Morgan fingerprint density at radius 3 is 2.25 bits per heavy atom. The van der Waals surface area contributed by atoms with E-state index >= 15 is 0 Å². The van der Waals surface area contributed by atoms with Gasteiger partial charge in [0.1, 0.15) is 0 Å². The van der Waals surface area contributed by atoms with Gasteiger partial charge in [-0.1, -0.05) is 53.4 Å². The normalized spacial score (nSPS) is 50.4. The van der Waals surface area contributed by atoms with E-state index in [4.69, 9.17) is 0 Å². The van der Waals surface area contributed by atoms with E-state index in [9.17, 15) is 20.4 Å². The number of hydrogen-bond donors (Lipinski definition) is 4. The molecule has 0 aromatic heterocycles. The lowest BCUT2D eigenvalue weighted by molar-refractivity contribution is -0.374. The lowest BCUT2D eigenvalue weighted by Crippen LogP contribution is -2.60. The van der Waals surface area contributed by atoms with Crippen molar-refractivity contribution in [1.82, 2.24) is 0 Å². The van der Waals surface area contributed by atoms with Crippen molar-refractivity contribution in [2.45, 2.75) is 103 Å². The first-order valence-corrected chi connectivity index (χ1v) is 11.9. The van der Waals surface area contributed by atoms with Gasteiger partial charge in [0.2, 0.25) is 11.6 Å². The molecule has 0 radical (unpaired) electrons. The van der Waals surface area contributed by atoms with Gasteiger partial charge in [0.15, 0.2) is 0 Å². The molecule has 4 fully saturated rings. The standard InChI is InChI=1S/C24H42O4/c1-5-8-15(2)19-22(4)14-12-18-17(20(22)24(27,28)23(19,25)26)11-10-16-9-6-7-13-21(16,18)3/h15-20,25-28H,5-14H2,1-4H3/t15-,16+,17-,18+,19-,20+,21+,22-/m1/s1. The van der Waals surface area contributed by atoms with Crippen molar-refractivity contribution in [1.29, 1.82) is 0 Å². The van der Waals surface area contributed by atoms with E-state index in [0.717, 1.165) is 44.4 Å². The highest BCUT2D eigenvalue weighted by atomic mass is 16.6.